The van der Waals surface area contributed by atoms with Crippen LogP contribution in [0.1, 0.15) is 0 Å². The van der Waals surface area contributed by atoms with Crippen molar-refractivity contribution in [2.75, 3.05) is 0 Å². The molecule has 0 saturated carbocycles. The highest BCUT2D eigenvalue weighted by atomic mass is 127. The molecule has 62 valence electrons. The number of rotatable bonds is 1. The molecule has 0 aromatic carbocycles. The van der Waals surface area contributed by atoms with Gasteiger partial charge < -0.3 is 0 Å². The van der Waals surface area contributed by atoms with Crippen LogP contribution in [0.4, 0.5) is 0 Å². The van der Waals surface area contributed by atoms with Crippen LogP contribution in [0.3, 0.4) is 0 Å². The van der Waals surface area contributed by atoms with Crippen LogP contribution in [0, 0.1) is 3.70 Å². The average molecular weight is 287 g/mol. The first-order valence-electron chi connectivity index (χ1n) is 2.63. The summed E-state index contributed by atoms with van der Waals surface area (Å²) in [6.45, 7) is 0. The van der Waals surface area contributed by atoms with E-state index >= 15 is 0 Å². The summed E-state index contributed by atoms with van der Waals surface area (Å²) >= 11 is 1.82. The molecule has 0 radical (unpaired) electrons. The van der Waals surface area contributed by atoms with Gasteiger partial charge >= 0.3 is 0 Å². The van der Waals surface area contributed by atoms with Gasteiger partial charge in [-0.15, -0.1) is 0 Å². The molecule has 0 aliphatic rings. The van der Waals surface area contributed by atoms with E-state index in [-0.39, 0.29) is 4.90 Å². The maximum absolute atomic E-state index is 10.8. The summed E-state index contributed by atoms with van der Waals surface area (Å²) in [6.07, 6.45) is 1.37. The van der Waals surface area contributed by atoms with E-state index in [1.54, 1.807) is 7.05 Å². The van der Waals surface area contributed by atoms with Crippen LogP contribution in [0.2, 0.25) is 0 Å². The average Bonchev–Trinajstić information content (AvgIpc) is 2.08. The molecule has 5 nitrogen and oxygen atoms in total. The lowest BCUT2D eigenvalue weighted by molar-refractivity contribution is 0.597. The Labute approximate surface area is 77.8 Å². The zero-order valence-corrected chi connectivity index (χ0v) is 8.63. The number of nitrogens with two attached hydrogens (primary N) is 1. The number of aryl methyl sites for hydroxylation is 1. The summed E-state index contributed by atoms with van der Waals surface area (Å²) in [6, 6.07) is 0. The molecule has 0 unspecified atom stereocenters. The molecule has 0 fully saturated rings. The van der Waals surface area contributed by atoms with E-state index < -0.39 is 10.0 Å². The Morgan fingerprint density at radius 3 is 2.45 bits per heavy atom. The molecule has 0 saturated heterocycles. The van der Waals surface area contributed by atoms with E-state index in [0.29, 0.717) is 3.70 Å². The number of sulfonamides is 1. The van der Waals surface area contributed by atoms with E-state index in [1.165, 1.54) is 10.9 Å². The molecular weight excluding hydrogens is 281 g/mol. The monoisotopic (exact) mass is 287 g/mol. The summed E-state index contributed by atoms with van der Waals surface area (Å²) in [4.78, 5) is 0.0700. The van der Waals surface area contributed by atoms with Gasteiger partial charge in [0.1, 0.15) is 8.60 Å². The van der Waals surface area contributed by atoms with Crippen molar-refractivity contribution in [1.82, 2.24) is 9.78 Å². The predicted octanol–water partition coefficient (Wildman–Crippen LogP) is -0.328. The smallest absolute Gasteiger partial charge is 0.242 e. The zero-order chi connectivity index (χ0) is 8.65. The zero-order valence-electron chi connectivity index (χ0n) is 5.65. The van der Waals surface area contributed by atoms with Gasteiger partial charge in [-0.1, -0.05) is 0 Å². The van der Waals surface area contributed by atoms with Crippen LogP contribution < -0.4 is 5.14 Å². The highest BCUT2D eigenvalue weighted by molar-refractivity contribution is 14.1. The molecule has 0 amide bonds. The summed E-state index contributed by atoms with van der Waals surface area (Å²) in [5.41, 5.74) is 0. The fourth-order valence-electron chi connectivity index (χ4n) is 0.630. The van der Waals surface area contributed by atoms with Crippen LogP contribution in [0.15, 0.2) is 11.1 Å². The molecule has 1 aromatic heterocycles. The number of aromatic nitrogens is 2. The van der Waals surface area contributed by atoms with Crippen molar-refractivity contribution in [1.29, 1.82) is 0 Å². The van der Waals surface area contributed by atoms with Crippen LogP contribution in [0.25, 0.3) is 0 Å². The van der Waals surface area contributed by atoms with Crippen molar-refractivity contribution in [3.05, 3.63) is 9.90 Å². The lowest BCUT2D eigenvalue weighted by Gasteiger charge is -1.89. The number of nitrogens with zero attached hydrogens (tertiary/aromatic N) is 2. The highest BCUT2D eigenvalue weighted by Gasteiger charge is 2.15. The molecule has 1 heterocycles. The largest absolute Gasteiger partial charge is 0.273 e. The third-order valence-electron chi connectivity index (χ3n) is 1.06. The highest BCUT2D eigenvalue weighted by Crippen LogP contribution is 2.13. The van der Waals surface area contributed by atoms with Gasteiger partial charge in [-0.25, -0.2) is 13.6 Å². The summed E-state index contributed by atoms with van der Waals surface area (Å²) < 4.78 is 23.4. The molecule has 11 heavy (non-hydrogen) atoms. The molecular formula is C4H6IN3O2S. The van der Waals surface area contributed by atoms with Crippen molar-refractivity contribution in [2.24, 2.45) is 12.2 Å². The van der Waals surface area contributed by atoms with Gasteiger partial charge in [0.15, 0.2) is 0 Å². The fourth-order valence-corrected chi connectivity index (χ4v) is 2.61. The van der Waals surface area contributed by atoms with Crippen molar-refractivity contribution >= 4 is 32.6 Å². The number of primary sulfonamides is 1. The minimum atomic E-state index is -3.60. The Hall–Kier alpha value is -0.150. The van der Waals surface area contributed by atoms with Crippen LogP contribution >= 0.6 is 22.6 Å². The van der Waals surface area contributed by atoms with E-state index in [4.69, 9.17) is 5.14 Å². The molecule has 0 aliphatic carbocycles. The summed E-state index contributed by atoms with van der Waals surface area (Å²) in [5.74, 6) is 0. The van der Waals surface area contributed by atoms with Gasteiger partial charge in [-0.05, 0) is 22.6 Å². The molecule has 0 spiro atoms. The maximum Gasteiger partial charge on any atom is 0.242 e. The van der Waals surface area contributed by atoms with Gasteiger partial charge in [0.05, 0.1) is 0 Å². The van der Waals surface area contributed by atoms with Crippen molar-refractivity contribution in [2.45, 2.75) is 4.90 Å². The molecule has 0 aliphatic heterocycles. The Morgan fingerprint density at radius 1 is 1.73 bits per heavy atom. The Bertz CT molecular complexity index is 369. The standard InChI is InChI=1S/C4H6IN3O2S/c1-8-2-3(4(5)7-8)11(6,9)10/h2H,1H3,(H2,6,9,10). The van der Waals surface area contributed by atoms with Crippen molar-refractivity contribution in [3.63, 3.8) is 0 Å². The normalized spacial score (nSPS) is 11.9. The molecule has 2 N–H and O–H groups in total. The van der Waals surface area contributed by atoms with Crippen molar-refractivity contribution in [3.8, 4) is 0 Å². The van der Waals surface area contributed by atoms with E-state index in [9.17, 15) is 8.42 Å². The van der Waals surface area contributed by atoms with Gasteiger partial charge in [-0.3, -0.25) is 4.68 Å². The van der Waals surface area contributed by atoms with Gasteiger partial charge in [0.2, 0.25) is 10.0 Å². The van der Waals surface area contributed by atoms with Crippen LogP contribution in [0.5, 0.6) is 0 Å². The number of hydrogen-bond acceptors (Lipinski definition) is 3. The molecule has 7 heteroatoms. The molecule has 0 bridgehead atoms. The van der Waals surface area contributed by atoms with E-state index in [0.717, 1.165) is 0 Å². The van der Waals surface area contributed by atoms with Crippen LogP contribution in [-0.4, -0.2) is 18.2 Å². The first-order chi connectivity index (χ1) is 4.91. The van der Waals surface area contributed by atoms with Gasteiger partial charge in [-0.2, -0.15) is 5.10 Å². The van der Waals surface area contributed by atoms with Crippen molar-refractivity contribution < 1.29 is 8.42 Å². The number of hydrogen-bond donors (Lipinski definition) is 1. The first kappa shape index (κ1) is 8.94. The Kier molecular flexibility index (Phi) is 2.21. The predicted molar refractivity (Wildman–Crippen MR) is 47.3 cm³/mol. The minimum Gasteiger partial charge on any atom is -0.273 e. The molecule has 0 atom stereocenters. The second-order valence-electron chi connectivity index (χ2n) is 2.00. The number of halogens is 1. The van der Waals surface area contributed by atoms with E-state index in [1.807, 2.05) is 22.6 Å². The Balaban J connectivity index is 3.36. The molecule has 1 rings (SSSR count). The Morgan fingerprint density at radius 2 is 2.27 bits per heavy atom. The van der Waals surface area contributed by atoms with E-state index in [2.05, 4.69) is 5.10 Å². The van der Waals surface area contributed by atoms with Crippen LogP contribution in [-0.2, 0) is 17.1 Å². The topological polar surface area (TPSA) is 78.0 Å². The SMILES string of the molecule is Cn1cc(S(N)(=O)=O)c(I)n1. The quantitative estimate of drug-likeness (QED) is 0.719. The third kappa shape index (κ3) is 1.91. The third-order valence-corrected chi connectivity index (χ3v) is 3.13. The van der Waals surface area contributed by atoms with Gasteiger partial charge in [0.25, 0.3) is 0 Å². The minimum absolute atomic E-state index is 0.0700. The second kappa shape index (κ2) is 2.72. The fraction of sp³-hybridized carbons (Fsp3) is 0.250. The maximum atomic E-state index is 10.8. The lowest BCUT2D eigenvalue weighted by Crippen LogP contribution is -2.12. The summed E-state index contributed by atoms with van der Waals surface area (Å²) in [7, 11) is -1.97. The van der Waals surface area contributed by atoms with Gasteiger partial charge in [0, 0.05) is 13.2 Å². The molecule has 1 aromatic rings. The summed E-state index contributed by atoms with van der Waals surface area (Å²) in [5, 5.41) is 8.71. The lowest BCUT2D eigenvalue weighted by atomic mass is 10.7. The second-order valence-corrected chi connectivity index (χ2v) is 4.55. The first-order valence-corrected chi connectivity index (χ1v) is 5.25.